The van der Waals surface area contributed by atoms with Gasteiger partial charge in [0, 0.05) is 10.0 Å². The van der Waals surface area contributed by atoms with E-state index in [-0.39, 0.29) is 27.7 Å². The van der Waals surface area contributed by atoms with Gasteiger partial charge in [0.2, 0.25) is 0 Å². The lowest BCUT2D eigenvalue weighted by Gasteiger charge is -2.39. The smallest absolute Gasteiger partial charge is 0.268 e. The summed E-state index contributed by atoms with van der Waals surface area (Å²) in [6.07, 6.45) is -7.51. The summed E-state index contributed by atoms with van der Waals surface area (Å²) in [7, 11) is 0. The molecule has 0 spiro atoms. The van der Waals surface area contributed by atoms with Gasteiger partial charge < -0.3 is 0 Å². The topological polar surface area (TPSA) is 37.4 Å². The Morgan fingerprint density at radius 2 is 1.08 bits per heavy atom. The van der Waals surface area contributed by atoms with Crippen molar-refractivity contribution in [3.8, 4) is 0 Å². The van der Waals surface area contributed by atoms with Crippen LogP contribution in [0.5, 0.6) is 0 Å². The van der Waals surface area contributed by atoms with Gasteiger partial charge in [-0.2, -0.15) is 57.1 Å². The van der Waals surface area contributed by atoms with Crippen molar-refractivity contribution in [3.63, 3.8) is 0 Å². The van der Waals surface area contributed by atoms with E-state index >= 15 is 0 Å². The predicted octanol–water partition coefficient (Wildman–Crippen LogP) is 7.45. The van der Waals surface area contributed by atoms with E-state index in [1.807, 2.05) is 0 Å². The van der Waals surface area contributed by atoms with Crippen molar-refractivity contribution in [2.45, 2.75) is 35.8 Å². The predicted molar refractivity (Wildman–Crippen MR) is 101 cm³/mol. The molecule has 0 radical (unpaired) electrons. The van der Waals surface area contributed by atoms with Crippen LogP contribution in [0.1, 0.15) is 26.3 Å². The van der Waals surface area contributed by atoms with Crippen molar-refractivity contribution in [1.29, 1.82) is 0 Å². The number of rotatable bonds is 6. The summed E-state index contributed by atoms with van der Waals surface area (Å²) in [5, 5.41) is 0. The fraction of sp³-hybridized carbons (Fsp3) is 0.300. The number of carbonyl (C=O) groups excluding carboxylic acids is 2. The Balaban J connectivity index is 2.00. The summed E-state index contributed by atoms with van der Waals surface area (Å²) < 4.78 is 174. The van der Waals surface area contributed by atoms with E-state index in [1.54, 1.807) is 0 Å². The minimum absolute atomic E-state index is 0.127. The zero-order chi connectivity index (χ0) is 28.6. The number of alkyl halides is 13. The van der Waals surface area contributed by atoms with Crippen LogP contribution in [-0.2, 0) is 5.92 Å². The first kappa shape index (κ1) is 28.7. The molecule has 1 heterocycles. The molecule has 0 bridgehead atoms. The van der Waals surface area contributed by atoms with Crippen LogP contribution < -0.4 is 4.90 Å². The van der Waals surface area contributed by atoms with E-state index in [1.165, 1.54) is 18.2 Å². The maximum Gasteiger partial charge on any atom is 0.460 e. The van der Waals surface area contributed by atoms with Crippen LogP contribution in [0.15, 0.2) is 46.9 Å². The highest BCUT2D eigenvalue weighted by Crippen LogP contribution is 2.62. The molecular formula is C20H7BrF13NO2. The summed E-state index contributed by atoms with van der Waals surface area (Å²) in [6.45, 7) is 0. The SMILES string of the molecule is O=C1c2cccc(Br)c2C(=O)N1c1ccc(C(F)(F)C(F)(F)C(F)(F)C(F)(F)C(F)(F)C(F)(F)F)cc1. The molecule has 0 saturated carbocycles. The van der Waals surface area contributed by atoms with Crippen molar-refractivity contribution in [2.75, 3.05) is 4.90 Å². The van der Waals surface area contributed by atoms with E-state index in [9.17, 15) is 66.7 Å². The summed E-state index contributed by atoms with van der Waals surface area (Å²) in [4.78, 5) is 25.4. The number of imide groups is 1. The van der Waals surface area contributed by atoms with Crippen molar-refractivity contribution in [1.82, 2.24) is 0 Å². The van der Waals surface area contributed by atoms with Gasteiger partial charge in [0.25, 0.3) is 11.8 Å². The molecule has 202 valence electrons. The maximum absolute atomic E-state index is 14.3. The third-order valence-electron chi connectivity index (χ3n) is 5.29. The molecule has 1 aliphatic rings. The fourth-order valence-electron chi connectivity index (χ4n) is 3.25. The number of benzene rings is 2. The Morgan fingerprint density at radius 3 is 1.54 bits per heavy atom. The molecule has 0 unspecified atom stereocenters. The molecular weight excluding hydrogens is 613 g/mol. The van der Waals surface area contributed by atoms with E-state index in [2.05, 4.69) is 15.9 Å². The largest absolute Gasteiger partial charge is 0.460 e. The highest BCUT2D eigenvalue weighted by molar-refractivity contribution is 9.10. The van der Waals surface area contributed by atoms with Gasteiger partial charge in [-0.25, -0.2) is 4.90 Å². The molecule has 0 N–H and O–H groups in total. The van der Waals surface area contributed by atoms with Crippen molar-refractivity contribution in [3.05, 3.63) is 63.6 Å². The average Bonchev–Trinajstić information content (AvgIpc) is 3.03. The number of hydrogen-bond acceptors (Lipinski definition) is 2. The molecule has 17 heteroatoms. The second-order valence-electron chi connectivity index (χ2n) is 7.52. The second-order valence-corrected chi connectivity index (χ2v) is 8.38. The number of fused-ring (bicyclic) bond motifs is 1. The van der Waals surface area contributed by atoms with Crippen LogP contribution in [0.2, 0.25) is 0 Å². The molecule has 37 heavy (non-hydrogen) atoms. The zero-order valence-electron chi connectivity index (χ0n) is 17.1. The molecule has 3 nitrogen and oxygen atoms in total. The highest BCUT2D eigenvalue weighted by Gasteiger charge is 2.90. The molecule has 0 saturated heterocycles. The van der Waals surface area contributed by atoms with Gasteiger partial charge in [-0.1, -0.05) is 18.2 Å². The number of hydrogen-bond donors (Lipinski definition) is 0. The Kier molecular flexibility index (Phi) is 6.46. The van der Waals surface area contributed by atoms with Gasteiger partial charge in [0.1, 0.15) is 0 Å². The minimum Gasteiger partial charge on any atom is -0.268 e. The van der Waals surface area contributed by atoms with Gasteiger partial charge >= 0.3 is 35.8 Å². The Hall–Kier alpha value is -2.85. The molecule has 1 aliphatic heterocycles. The number of anilines is 1. The summed E-state index contributed by atoms with van der Waals surface area (Å²) in [5.41, 5.74) is -3.17. The lowest BCUT2D eigenvalue weighted by molar-refractivity contribution is -0.441. The number of carbonyl (C=O) groups is 2. The van der Waals surface area contributed by atoms with Crippen LogP contribution in [0, 0.1) is 0 Å². The monoisotopic (exact) mass is 619 g/mol. The third kappa shape index (κ3) is 3.79. The first-order chi connectivity index (χ1) is 16.6. The van der Waals surface area contributed by atoms with Crippen LogP contribution in [-0.4, -0.2) is 41.7 Å². The van der Waals surface area contributed by atoms with Crippen molar-refractivity contribution >= 4 is 33.4 Å². The van der Waals surface area contributed by atoms with E-state index in [4.69, 9.17) is 0 Å². The van der Waals surface area contributed by atoms with Gasteiger partial charge in [-0.3, -0.25) is 9.59 Å². The summed E-state index contributed by atoms with van der Waals surface area (Å²) in [5.74, 6) is -39.8. The fourth-order valence-corrected chi connectivity index (χ4v) is 3.79. The lowest BCUT2D eigenvalue weighted by atomic mass is 9.90. The quantitative estimate of drug-likeness (QED) is 0.249. The van der Waals surface area contributed by atoms with E-state index in [0.717, 1.165) is 0 Å². The molecule has 0 aromatic heterocycles. The highest BCUT2D eigenvalue weighted by atomic mass is 79.9. The number of nitrogens with zero attached hydrogens (tertiary/aromatic N) is 1. The molecule has 3 rings (SSSR count). The van der Waals surface area contributed by atoms with Crippen LogP contribution in [0.3, 0.4) is 0 Å². The molecule has 0 fully saturated rings. The standard InChI is InChI=1S/C20H7BrF13NO2/c21-11-3-1-2-10-12(11)14(37)35(13(10)36)9-6-4-8(5-7-9)15(22,23)16(24,25)17(26,27)18(28,29)19(30,31)20(32,33)34/h1-7H. The van der Waals surface area contributed by atoms with E-state index in [0.29, 0.717) is 17.0 Å². The molecule has 0 atom stereocenters. The van der Waals surface area contributed by atoms with Gasteiger partial charge in [-0.05, 0) is 40.2 Å². The molecule has 2 amide bonds. The van der Waals surface area contributed by atoms with Crippen molar-refractivity contribution in [2.24, 2.45) is 0 Å². The zero-order valence-corrected chi connectivity index (χ0v) is 18.7. The molecule has 0 aliphatic carbocycles. The molecule has 2 aromatic rings. The van der Waals surface area contributed by atoms with Crippen LogP contribution in [0.25, 0.3) is 0 Å². The maximum atomic E-state index is 14.3. The number of halogens is 14. The van der Waals surface area contributed by atoms with Crippen LogP contribution >= 0.6 is 15.9 Å². The van der Waals surface area contributed by atoms with Crippen LogP contribution in [0.4, 0.5) is 62.8 Å². The van der Waals surface area contributed by atoms with Gasteiger partial charge in [0.05, 0.1) is 16.8 Å². The molecule has 2 aromatic carbocycles. The van der Waals surface area contributed by atoms with E-state index < -0.39 is 58.9 Å². The summed E-state index contributed by atoms with van der Waals surface area (Å²) in [6, 6.07) is 4.34. The third-order valence-corrected chi connectivity index (χ3v) is 5.95. The summed E-state index contributed by atoms with van der Waals surface area (Å²) >= 11 is 3.00. The minimum atomic E-state index is -8.02. The first-order valence-electron chi connectivity index (χ1n) is 9.29. The Bertz CT molecular complexity index is 1260. The first-order valence-corrected chi connectivity index (χ1v) is 10.1. The average molecular weight is 620 g/mol. The second kappa shape index (κ2) is 8.33. The normalized spacial score (nSPS) is 15.9. The Morgan fingerprint density at radius 1 is 0.595 bits per heavy atom. The van der Waals surface area contributed by atoms with Gasteiger partial charge in [0.15, 0.2) is 0 Å². The number of amides is 2. The lowest BCUT2D eigenvalue weighted by Crippen LogP contribution is -2.69. The van der Waals surface area contributed by atoms with Gasteiger partial charge in [-0.15, -0.1) is 0 Å². The van der Waals surface area contributed by atoms with Crippen molar-refractivity contribution < 1.29 is 66.7 Å². The Labute approximate surface area is 205 Å².